The van der Waals surface area contributed by atoms with Crippen molar-refractivity contribution in [1.29, 1.82) is 0 Å². The number of carbonyl (C=O) groups is 1. The van der Waals surface area contributed by atoms with E-state index in [9.17, 15) is 18.0 Å². The number of fused-ring (bicyclic) bond motifs is 1. The van der Waals surface area contributed by atoms with Gasteiger partial charge in [0.15, 0.2) is 9.84 Å². The van der Waals surface area contributed by atoms with Crippen molar-refractivity contribution in [2.75, 3.05) is 6.26 Å². The van der Waals surface area contributed by atoms with Crippen LogP contribution in [0.25, 0.3) is 10.9 Å². The normalized spacial score (nSPS) is 11.6. The van der Waals surface area contributed by atoms with E-state index in [1.54, 1.807) is 36.4 Å². The van der Waals surface area contributed by atoms with E-state index in [0.29, 0.717) is 22.0 Å². The fourth-order valence-electron chi connectivity index (χ4n) is 2.59. The first kappa shape index (κ1) is 17.0. The fourth-order valence-corrected chi connectivity index (χ4v) is 3.38. The molecule has 1 amide bonds. The average Bonchev–Trinajstić information content (AvgIpc) is 2.92. The summed E-state index contributed by atoms with van der Waals surface area (Å²) in [7, 11) is -3.11. The van der Waals surface area contributed by atoms with Gasteiger partial charge in [-0.25, -0.2) is 8.42 Å². The Labute approximate surface area is 144 Å². The molecule has 0 saturated carbocycles. The third kappa shape index (κ3) is 4.16. The number of carbonyl (C=O) groups excluding carboxylic acids is 1. The van der Waals surface area contributed by atoms with Gasteiger partial charge in [0.05, 0.1) is 16.7 Å². The summed E-state index contributed by atoms with van der Waals surface area (Å²) in [6.45, 7) is 0.276. The van der Waals surface area contributed by atoms with Crippen LogP contribution >= 0.6 is 0 Å². The molecular formula is C17H17N3O4S. The Kier molecular flexibility index (Phi) is 4.45. The van der Waals surface area contributed by atoms with Gasteiger partial charge in [0, 0.05) is 18.4 Å². The van der Waals surface area contributed by atoms with Crippen LogP contribution in [-0.4, -0.2) is 30.8 Å². The molecule has 3 aromatic rings. The third-order valence-corrected chi connectivity index (χ3v) is 4.57. The Morgan fingerprint density at radius 3 is 2.60 bits per heavy atom. The zero-order valence-corrected chi connectivity index (χ0v) is 14.3. The highest BCUT2D eigenvalue weighted by Crippen LogP contribution is 2.11. The second kappa shape index (κ2) is 6.56. The summed E-state index contributed by atoms with van der Waals surface area (Å²) in [6, 6.07) is 11.9. The predicted octanol–water partition coefficient (Wildman–Crippen LogP) is 1.33. The first-order valence-electron chi connectivity index (χ1n) is 7.56. The van der Waals surface area contributed by atoms with Crippen LogP contribution < -0.4 is 10.9 Å². The second-order valence-electron chi connectivity index (χ2n) is 5.91. The lowest BCUT2D eigenvalue weighted by Crippen LogP contribution is -2.22. The molecule has 3 rings (SSSR count). The summed E-state index contributed by atoms with van der Waals surface area (Å²) in [6.07, 6.45) is 1.18. The Hall–Kier alpha value is -2.87. The summed E-state index contributed by atoms with van der Waals surface area (Å²) in [4.78, 5) is 23.7. The lowest BCUT2D eigenvalue weighted by Gasteiger charge is -2.07. The number of aromatic amines is 2. The molecule has 1 aromatic heterocycles. The Bertz CT molecular complexity index is 1100. The van der Waals surface area contributed by atoms with E-state index < -0.39 is 9.84 Å². The lowest BCUT2D eigenvalue weighted by atomic mass is 10.1. The summed E-state index contributed by atoms with van der Waals surface area (Å²) < 4.78 is 22.7. The van der Waals surface area contributed by atoms with Crippen molar-refractivity contribution in [3.05, 3.63) is 69.5 Å². The Morgan fingerprint density at radius 2 is 1.84 bits per heavy atom. The van der Waals surface area contributed by atoms with Crippen molar-refractivity contribution in [2.24, 2.45) is 0 Å². The number of hydrogen-bond donors (Lipinski definition) is 3. The maximum absolute atomic E-state index is 12.3. The Balaban J connectivity index is 1.71. The van der Waals surface area contributed by atoms with Crippen molar-refractivity contribution in [2.45, 2.75) is 12.3 Å². The van der Waals surface area contributed by atoms with E-state index >= 15 is 0 Å². The van der Waals surface area contributed by atoms with Gasteiger partial charge in [-0.1, -0.05) is 24.3 Å². The lowest BCUT2D eigenvalue weighted by molar-refractivity contribution is 0.0951. The molecule has 1 heterocycles. The molecule has 0 aliphatic carbocycles. The average molecular weight is 359 g/mol. The van der Waals surface area contributed by atoms with Gasteiger partial charge in [0.1, 0.15) is 0 Å². The van der Waals surface area contributed by atoms with Crippen LogP contribution in [0, 0.1) is 0 Å². The smallest absolute Gasteiger partial charge is 0.271 e. The number of hydrogen-bond acceptors (Lipinski definition) is 4. The summed E-state index contributed by atoms with van der Waals surface area (Å²) >= 11 is 0. The monoisotopic (exact) mass is 359 g/mol. The van der Waals surface area contributed by atoms with Crippen molar-refractivity contribution in [3.8, 4) is 0 Å². The highest BCUT2D eigenvalue weighted by Gasteiger charge is 2.09. The van der Waals surface area contributed by atoms with Crippen LogP contribution in [0.5, 0.6) is 0 Å². The molecule has 7 nitrogen and oxygen atoms in total. The molecule has 130 valence electrons. The molecule has 0 fully saturated rings. The molecule has 0 atom stereocenters. The molecule has 0 saturated heterocycles. The first-order valence-corrected chi connectivity index (χ1v) is 9.62. The number of aromatic nitrogens is 2. The summed E-state index contributed by atoms with van der Waals surface area (Å²) in [5, 5.41) is 8.45. The van der Waals surface area contributed by atoms with Gasteiger partial charge in [-0.3, -0.25) is 19.8 Å². The number of H-pyrrole nitrogens is 2. The molecule has 0 unspecified atom stereocenters. The van der Waals surface area contributed by atoms with Gasteiger partial charge in [-0.05, 0) is 29.3 Å². The molecule has 0 aliphatic rings. The van der Waals surface area contributed by atoms with Crippen molar-refractivity contribution in [1.82, 2.24) is 15.5 Å². The third-order valence-electron chi connectivity index (χ3n) is 3.71. The second-order valence-corrected chi connectivity index (χ2v) is 8.05. The summed E-state index contributed by atoms with van der Waals surface area (Å²) in [5.41, 5.74) is 2.25. The molecular weight excluding hydrogens is 342 g/mol. The van der Waals surface area contributed by atoms with Crippen LogP contribution in [0.15, 0.2) is 47.3 Å². The van der Waals surface area contributed by atoms with Gasteiger partial charge in [-0.15, -0.1) is 0 Å². The molecule has 2 aromatic carbocycles. The molecule has 0 spiro atoms. The van der Waals surface area contributed by atoms with Crippen LogP contribution in [0.4, 0.5) is 0 Å². The molecule has 0 radical (unpaired) electrons. The maximum Gasteiger partial charge on any atom is 0.271 e. The summed E-state index contributed by atoms with van der Waals surface area (Å²) in [5.74, 6) is -0.316. The van der Waals surface area contributed by atoms with Gasteiger partial charge < -0.3 is 5.32 Å². The van der Waals surface area contributed by atoms with Crippen LogP contribution in [0.2, 0.25) is 0 Å². The SMILES string of the molecule is CS(=O)(=O)Cc1cccc(CNC(=O)c2ccc3c(=O)[nH][nH]c3c2)c1. The first-order chi connectivity index (χ1) is 11.8. The number of amides is 1. The van der Waals surface area contributed by atoms with Crippen molar-refractivity contribution >= 4 is 26.6 Å². The van der Waals surface area contributed by atoms with E-state index in [-0.39, 0.29) is 23.8 Å². The fraction of sp³-hybridized carbons (Fsp3) is 0.176. The quantitative estimate of drug-likeness (QED) is 0.638. The number of nitrogens with one attached hydrogen (secondary N) is 3. The molecule has 8 heteroatoms. The standard InChI is InChI=1S/C17H17N3O4S/c1-25(23,24)10-12-4-2-3-11(7-12)9-18-16(21)13-5-6-14-15(8-13)19-20-17(14)22/h2-8H,9-10H2,1H3,(H,18,21)(H2,19,20,22). The number of rotatable bonds is 5. The molecule has 0 bridgehead atoms. The van der Waals surface area contributed by atoms with Crippen LogP contribution in [0.1, 0.15) is 21.5 Å². The van der Waals surface area contributed by atoms with E-state index in [0.717, 1.165) is 5.56 Å². The highest BCUT2D eigenvalue weighted by molar-refractivity contribution is 7.89. The van der Waals surface area contributed by atoms with E-state index in [1.807, 2.05) is 6.07 Å². The van der Waals surface area contributed by atoms with Gasteiger partial charge in [-0.2, -0.15) is 0 Å². The molecule has 3 N–H and O–H groups in total. The topological polar surface area (TPSA) is 112 Å². The number of sulfone groups is 1. The predicted molar refractivity (Wildman–Crippen MR) is 95.1 cm³/mol. The van der Waals surface area contributed by atoms with Crippen molar-refractivity contribution in [3.63, 3.8) is 0 Å². The minimum Gasteiger partial charge on any atom is -0.348 e. The molecule has 0 aliphatic heterocycles. The van der Waals surface area contributed by atoms with Crippen LogP contribution in [-0.2, 0) is 22.1 Å². The van der Waals surface area contributed by atoms with E-state index in [4.69, 9.17) is 0 Å². The molecule has 25 heavy (non-hydrogen) atoms. The Morgan fingerprint density at radius 1 is 1.08 bits per heavy atom. The highest BCUT2D eigenvalue weighted by atomic mass is 32.2. The van der Waals surface area contributed by atoms with E-state index in [2.05, 4.69) is 15.5 Å². The zero-order valence-electron chi connectivity index (χ0n) is 13.5. The minimum atomic E-state index is -3.11. The largest absolute Gasteiger partial charge is 0.348 e. The van der Waals surface area contributed by atoms with Crippen LogP contribution in [0.3, 0.4) is 0 Å². The van der Waals surface area contributed by atoms with Gasteiger partial charge in [0.25, 0.3) is 11.5 Å². The van der Waals surface area contributed by atoms with Gasteiger partial charge >= 0.3 is 0 Å². The van der Waals surface area contributed by atoms with Crippen molar-refractivity contribution < 1.29 is 13.2 Å². The number of benzene rings is 2. The minimum absolute atomic E-state index is 0.0354. The maximum atomic E-state index is 12.3. The zero-order chi connectivity index (χ0) is 18.0. The van der Waals surface area contributed by atoms with Gasteiger partial charge in [0.2, 0.25) is 0 Å². The van der Waals surface area contributed by atoms with E-state index in [1.165, 1.54) is 6.26 Å².